The molecule has 0 bridgehead atoms. The molecule has 1 aliphatic rings. The summed E-state index contributed by atoms with van der Waals surface area (Å²) in [6.45, 7) is 3.30. The van der Waals surface area contributed by atoms with E-state index in [1.165, 1.54) is 6.07 Å². The Balaban J connectivity index is 2.14. The van der Waals surface area contributed by atoms with Crippen molar-refractivity contribution in [3.05, 3.63) is 29.3 Å². The van der Waals surface area contributed by atoms with Crippen LogP contribution in [0.5, 0.6) is 0 Å². The summed E-state index contributed by atoms with van der Waals surface area (Å²) in [5.74, 6) is 1.23. The molecular weight excluding hydrogens is 279 g/mol. The van der Waals surface area contributed by atoms with E-state index < -0.39 is 0 Å². The maximum atomic E-state index is 13.7. The first kappa shape index (κ1) is 13.8. The number of hydrogen-bond acceptors (Lipinski definition) is 2. The van der Waals surface area contributed by atoms with Crippen LogP contribution in [0.3, 0.4) is 0 Å². The van der Waals surface area contributed by atoms with Gasteiger partial charge in [-0.1, -0.05) is 0 Å². The lowest BCUT2D eigenvalue weighted by molar-refractivity contribution is 0.0596. The molecule has 3 rings (SSSR count). The zero-order valence-corrected chi connectivity index (χ0v) is 12.3. The highest BCUT2D eigenvalue weighted by Crippen LogP contribution is 2.28. The van der Waals surface area contributed by atoms with Gasteiger partial charge < -0.3 is 9.30 Å². The predicted octanol–water partition coefficient (Wildman–Crippen LogP) is 3.62. The van der Waals surface area contributed by atoms with Gasteiger partial charge >= 0.3 is 0 Å². The van der Waals surface area contributed by atoms with Crippen LogP contribution in [0.2, 0.25) is 0 Å². The monoisotopic (exact) mass is 296 g/mol. The topological polar surface area (TPSA) is 27.1 Å². The lowest BCUT2D eigenvalue weighted by atomic mass is 10.1. The van der Waals surface area contributed by atoms with Crippen LogP contribution in [-0.2, 0) is 11.2 Å². The second kappa shape index (κ2) is 5.70. The van der Waals surface area contributed by atoms with E-state index in [-0.39, 0.29) is 11.9 Å². The van der Waals surface area contributed by atoms with Crippen molar-refractivity contribution in [2.45, 2.75) is 32.2 Å². The molecule has 2 aromatic rings. The summed E-state index contributed by atoms with van der Waals surface area (Å²) in [5.41, 5.74) is 2.34. The summed E-state index contributed by atoms with van der Waals surface area (Å²) in [6, 6.07) is 3.67. The van der Waals surface area contributed by atoms with Crippen molar-refractivity contribution in [2.75, 3.05) is 19.1 Å². The molecule has 0 radical (unpaired) electrons. The van der Waals surface area contributed by atoms with E-state index in [1.54, 1.807) is 6.92 Å². The Morgan fingerprint density at radius 1 is 1.50 bits per heavy atom. The first-order chi connectivity index (χ1) is 9.70. The molecule has 0 amide bonds. The van der Waals surface area contributed by atoms with Gasteiger partial charge in [-0.15, -0.1) is 11.6 Å². The van der Waals surface area contributed by atoms with Crippen LogP contribution in [0, 0.1) is 12.7 Å². The van der Waals surface area contributed by atoms with E-state index in [0.29, 0.717) is 30.0 Å². The fourth-order valence-corrected chi connectivity index (χ4v) is 3.03. The van der Waals surface area contributed by atoms with Crippen LogP contribution < -0.4 is 0 Å². The number of halogens is 2. The van der Waals surface area contributed by atoms with Gasteiger partial charge in [0, 0.05) is 25.0 Å². The molecule has 0 spiro atoms. The third-order valence-corrected chi connectivity index (χ3v) is 4.05. The van der Waals surface area contributed by atoms with E-state index in [4.69, 9.17) is 16.3 Å². The molecule has 1 fully saturated rings. The van der Waals surface area contributed by atoms with Gasteiger partial charge in [-0.2, -0.15) is 0 Å². The van der Waals surface area contributed by atoms with Gasteiger partial charge in [0.15, 0.2) is 0 Å². The van der Waals surface area contributed by atoms with Gasteiger partial charge in [0.25, 0.3) is 0 Å². The van der Waals surface area contributed by atoms with Gasteiger partial charge in [-0.3, -0.25) is 0 Å². The highest BCUT2D eigenvalue weighted by atomic mass is 35.5. The largest absolute Gasteiger partial charge is 0.379 e. The Hall–Kier alpha value is -1.13. The molecule has 1 aromatic carbocycles. The first-order valence-corrected chi connectivity index (χ1v) is 7.55. The summed E-state index contributed by atoms with van der Waals surface area (Å²) >= 11 is 5.88. The maximum absolute atomic E-state index is 13.7. The molecule has 1 saturated heterocycles. The van der Waals surface area contributed by atoms with E-state index in [1.807, 2.05) is 6.07 Å². The van der Waals surface area contributed by atoms with Crippen molar-refractivity contribution < 1.29 is 9.13 Å². The molecule has 2 heterocycles. The number of nitrogens with zero attached hydrogens (tertiary/aromatic N) is 2. The van der Waals surface area contributed by atoms with Gasteiger partial charge in [-0.05, 0) is 31.4 Å². The van der Waals surface area contributed by atoms with Crippen molar-refractivity contribution in [3.8, 4) is 0 Å². The van der Waals surface area contributed by atoms with Crippen LogP contribution in [0.25, 0.3) is 11.0 Å². The number of hydrogen-bond donors (Lipinski definition) is 0. The number of aryl methyl sites for hydroxylation is 2. The average molecular weight is 297 g/mol. The first-order valence-electron chi connectivity index (χ1n) is 7.01. The lowest BCUT2D eigenvalue weighted by Gasteiger charge is -2.25. The number of aromatic nitrogens is 2. The highest BCUT2D eigenvalue weighted by molar-refractivity contribution is 6.17. The van der Waals surface area contributed by atoms with Crippen molar-refractivity contribution in [1.82, 2.24) is 9.55 Å². The zero-order valence-electron chi connectivity index (χ0n) is 11.5. The summed E-state index contributed by atoms with van der Waals surface area (Å²) in [7, 11) is 0. The number of alkyl halides is 1. The van der Waals surface area contributed by atoms with Gasteiger partial charge in [0.1, 0.15) is 11.6 Å². The Kier molecular flexibility index (Phi) is 3.94. The van der Waals surface area contributed by atoms with E-state index in [2.05, 4.69) is 9.55 Å². The van der Waals surface area contributed by atoms with Crippen LogP contribution in [-0.4, -0.2) is 28.6 Å². The molecule has 1 unspecified atom stereocenters. The van der Waals surface area contributed by atoms with Crippen molar-refractivity contribution in [3.63, 3.8) is 0 Å². The van der Waals surface area contributed by atoms with E-state index in [0.717, 1.165) is 30.8 Å². The minimum atomic E-state index is -0.209. The lowest BCUT2D eigenvalue weighted by Crippen LogP contribution is -2.23. The molecule has 0 saturated carbocycles. The number of ether oxygens (including phenoxy) is 1. The molecule has 108 valence electrons. The second-order valence-corrected chi connectivity index (χ2v) is 5.68. The van der Waals surface area contributed by atoms with Crippen molar-refractivity contribution >= 4 is 22.6 Å². The number of benzene rings is 1. The quantitative estimate of drug-likeness (QED) is 0.809. The molecule has 1 atom stereocenters. The summed E-state index contributed by atoms with van der Waals surface area (Å²) in [4.78, 5) is 4.56. The Morgan fingerprint density at radius 3 is 3.05 bits per heavy atom. The molecule has 0 N–H and O–H groups in total. The molecule has 5 heteroatoms. The minimum Gasteiger partial charge on any atom is -0.379 e. The molecule has 1 aromatic heterocycles. The summed E-state index contributed by atoms with van der Waals surface area (Å²) in [5, 5.41) is 0. The third kappa shape index (κ3) is 2.42. The van der Waals surface area contributed by atoms with Gasteiger partial charge in [-0.25, -0.2) is 9.37 Å². The predicted molar refractivity (Wildman–Crippen MR) is 77.9 cm³/mol. The van der Waals surface area contributed by atoms with E-state index in [9.17, 15) is 4.39 Å². The Bertz CT molecular complexity index is 620. The maximum Gasteiger partial charge on any atom is 0.128 e. The van der Waals surface area contributed by atoms with Gasteiger partial charge in [0.2, 0.25) is 0 Å². The average Bonchev–Trinajstić information content (AvgIpc) is 2.78. The number of imidazole rings is 1. The highest BCUT2D eigenvalue weighted by Gasteiger charge is 2.22. The van der Waals surface area contributed by atoms with Crippen LogP contribution in [0.15, 0.2) is 12.1 Å². The fraction of sp³-hybridized carbons (Fsp3) is 0.533. The van der Waals surface area contributed by atoms with E-state index >= 15 is 0 Å². The molecule has 3 nitrogen and oxygen atoms in total. The minimum absolute atomic E-state index is 0.209. The van der Waals surface area contributed by atoms with Crippen LogP contribution in [0.1, 0.15) is 30.3 Å². The zero-order chi connectivity index (χ0) is 14.1. The second-order valence-electron chi connectivity index (χ2n) is 5.30. The number of rotatable bonds is 3. The molecule has 20 heavy (non-hydrogen) atoms. The smallest absolute Gasteiger partial charge is 0.128 e. The molecular formula is C15H18ClFN2O. The van der Waals surface area contributed by atoms with Gasteiger partial charge in [0.05, 0.1) is 23.7 Å². The third-order valence-electron chi connectivity index (χ3n) is 3.86. The SMILES string of the molecule is Cc1cc2c(cc1F)nc(CCCl)n2C1CCCOC1. The summed E-state index contributed by atoms with van der Waals surface area (Å²) < 4.78 is 21.5. The Labute approximate surface area is 122 Å². The standard InChI is InChI=1S/C15H18ClFN2O/c1-10-7-14-13(8-12(10)17)18-15(4-5-16)19(14)11-3-2-6-20-9-11/h7-8,11H,2-6,9H2,1H3. The van der Waals surface area contributed by atoms with Crippen molar-refractivity contribution in [2.24, 2.45) is 0 Å². The molecule has 1 aliphatic heterocycles. The molecule has 0 aliphatic carbocycles. The summed E-state index contributed by atoms with van der Waals surface area (Å²) in [6.07, 6.45) is 2.80. The number of fused-ring (bicyclic) bond motifs is 1. The Morgan fingerprint density at radius 2 is 2.35 bits per heavy atom. The van der Waals surface area contributed by atoms with Crippen molar-refractivity contribution in [1.29, 1.82) is 0 Å². The van der Waals surface area contributed by atoms with Crippen LogP contribution >= 0.6 is 11.6 Å². The normalized spacial score (nSPS) is 19.6. The van der Waals surface area contributed by atoms with Crippen LogP contribution in [0.4, 0.5) is 4.39 Å². The fourth-order valence-electron chi connectivity index (χ4n) is 2.87.